The number of hydrogen-bond donors (Lipinski definition) is 1. The number of nitrogens with two attached hydrogens (primary N) is 1. The predicted octanol–water partition coefficient (Wildman–Crippen LogP) is 3.23. The minimum Gasteiger partial charge on any atom is -0.464 e. The van der Waals surface area contributed by atoms with Gasteiger partial charge in [-0.15, -0.1) is 0 Å². The molecule has 1 aromatic carbocycles. The van der Waals surface area contributed by atoms with E-state index < -0.39 is 0 Å². The lowest BCUT2D eigenvalue weighted by atomic mass is 9.87. The van der Waals surface area contributed by atoms with E-state index in [1.165, 1.54) is 18.4 Å². The third-order valence-electron chi connectivity index (χ3n) is 4.56. The van der Waals surface area contributed by atoms with Crippen molar-refractivity contribution in [1.29, 1.82) is 0 Å². The third-order valence-corrected chi connectivity index (χ3v) is 4.56. The zero-order valence-corrected chi connectivity index (χ0v) is 12.7. The molecule has 2 N–H and O–H groups in total. The molecule has 4 heteroatoms. The molecule has 114 valence electrons. The highest BCUT2D eigenvalue weighted by atomic mass is 16.5. The first-order chi connectivity index (χ1) is 10.3. The van der Waals surface area contributed by atoms with Crippen molar-refractivity contribution < 1.29 is 9.15 Å². The molecule has 0 radical (unpaired) electrons. The first kappa shape index (κ1) is 14.4. The van der Waals surface area contributed by atoms with Crippen LogP contribution in [0.1, 0.15) is 30.7 Å². The SMILES string of the molecule is COCCCN1CCC(c2ccc3occc3c2N)CC1. The van der Waals surface area contributed by atoms with Gasteiger partial charge in [0.2, 0.25) is 0 Å². The topological polar surface area (TPSA) is 51.6 Å². The molecule has 1 aliphatic heterocycles. The first-order valence-electron chi connectivity index (χ1n) is 7.76. The van der Waals surface area contributed by atoms with Crippen molar-refractivity contribution in [3.63, 3.8) is 0 Å². The number of anilines is 1. The van der Waals surface area contributed by atoms with Crippen molar-refractivity contribution in [1.82, 2.24) is 4.90 Å². The van der Waals surface area contributed by atoms with E-state index in [9.17, 15) is 0 Å². The van der Waals surface area contributed by atoms with Crippen molar-refractivity contribution >= 4 is 16.7 Å². The summed E-state index contributed by atoms with van der Waals surface area (Å²) in [6.45, 7) is 4.29. The number of nitrogen functional groups attached to an aromatic ring is 1. The number of rotatable bonds is 5. The second-order valence-corrected chi connectivity index (χ2v) is 5.86. The summed E-state index contributed by atoms with van der Waals surface area (Å²) >= 11 is 0. The number of ether oxygens (including phenoxy) is 1. The molecule has 1 aliphatic rings. The molecule has 1 aromatic heterocycles. The number of methoxy groups -OCH3 is 1. The van der Waals surface area contributed by atoms with Gasteiger partial charge in [0.05, 0.1) is 6.26 Å². The second kappa shape index (κ2) is 6.50. The van der Waals surface area contributed by atoms with Gasteiger partial charge in [-0.05, 0) is 56.0 Å². The summed E-state index contributed by atoms with van der Waals surface area (Å²) in [6.07, 6.45) is 5.19. The van der Waals surface area contributed by atoms with Crippen LogP contribution < -0.4 is 5.73 Å². The van der Waals surface area contributed by atoms with E-state index in [0.29, 0.717) is 5.92 Å². The Labute approximate surface area is 125 Å². The number of hydrogen-bond acceptors (Lipinski definition) is 4. The van der Waals surface area contributed by atoms with Gasteiger partial charge in [-0.2, -0.15) is 0 Å². The summed E-state index contributed by atoms with van der Waals surface area (Å²) in [5.41, 5.74) is 9.41. The third kappa shape index (κ3) is 3.06. The monoisotopic (exact) mass is 288 g/mol. The zero-order chi connectivity index (χ0) is 14.7. The number of nitrogens with zero attached hydrogens (tertiary/aromatic N) is 1. The summed E-state index contributed by atoms with van der Waals surface area (Å²) in [5.74, 6) is 0.572. The predicted molar refractivity (Wildman–Crippen MR) is 85.5 cm³/mol. The van der Waals surface area contributed by atoms with Gasteiger partial charge in [0.15, 0.2) is 0 Å². The van der Waals surface area contributed by atoms with E-state index in [1.54, 1.807) is 13.4 Å². The van der Waals surface area contributed by atoms with Crippen LogP contribution >= 0.6 is 0 Å². The highest BCUT2D eigenvalue weighted by molar-refractivity contribution is 5.91. The molecule has 1 saturated heterocycles. The van der Waals surface area contributed by atoms with Gasteiger partial charge in [0.1, 0.15) is 5.58 Å². The van der Waals surface area contributed by atoms with E-state index in [4.69, 9.17) is 14.9 Å². The quantitative estimate of drug-likeness (QED) is 0.678. The second-order valence-electron chi connectivity index (χ2n) is 5.86. The van der Waals surface area contributed by atoms with Crippen LogP contribution in [-0.4, -0.2) is 38.3 Å². The fourth-order valence-corrected chi connectivity index (χ4v) is 3.34. The van der Waals surface area contributed by atoms with Gasteiger partial charge in [-0.1, -0.05) is 6.07 Å². The molecular weight excluding hydrogens is 264 g/mol. The highest BCUT2D eigenvalue weighted by Gasteiger charge is 2.22. The Morgan fingerprint density at radius 3 is 2.86 bits per heavy atom. The van der Waals surface area contributed by atoms with E-state index in [-0.39, 0.29) is 0 Å². The van der Waals surface area contributed by atoms with Crippen LogP contribution in [0.5, 0.6) is 0 Å². The smallest absolute Gasteiger partial charge is 0.135 e. The molecule has 2 heterocycles. The molecule has 0 atom stereocenters. The standard InChI is InChI=1S/C17H24N2O2/c1-20-11-2-8-19-9-5-13(6-10-19)14-3-4-16-15(17(14)18)7-12-21-16/h3-4,7,12-13H,2,5-6,8-11,18H2,1H3. The lowest BCUT2D eigenvalue weighted by Gasteiger charge is -2.32. The van der Waals surface area contributed by atoms with Gasteiger partial charge in [-0.25, -0.2) is 0 Å². The summed E-state index contributed by atoms with van der Waals surface area (Å²) in [7, 11) is 1.76. The lowest BCUT2D eigenvalue weighted by Crippen LogP contribution is -2.34. The Balaban J connectivity index is 1.64. The maximum atomic E-state index is 6.34. The fraction of sp³-hybridized carbons (Fsp3) is 0.529. The highest BCUT2D eigenvalue weighted by Crippen LogP contribution is 2.35. The Kier molecular flexibility index (Phi) is 4.46. The number of furan rings is 1. The van der Waals surface area contributed by atoms with Crippen LogP contribution in [0.15, 0.2) is 28.9 Å². The Morgan fingerprint density at radius 2 is 2.10 bits per heavy atom. The summed E-state index contributed by atoms with van der Waals surface area (Å²) < 4.78 is 10.5. The van der Waals surface area contributed by atoms with E-state index in [1.807, 2.05) is 12.1 Å². The van der Waals surface area contributed by atoms with Gasteiger partial charge >= 0.3 is 0 Å². The maximum Gasteiger partial charge on any atom is 0.135 e. The maximum absolute atomic E-state index is 6.34. The summed E-state index contributed by atoms with van der Waals surface area (Å²) in [6, 6.07) is 6.16. The van der Waals surface area contributed by atoms with E-state index >= 15 is 0 Å². The van der Waals surface area contributed by atoms with Gasteiger partial charge in [-0.3, -0.25) is 0 Å². The van der Waals surface area contributed by atoms with Crippen molar-refractivity contribution in [2.75, 3.05) is 39.1 Å². The van der Waals surface area contributed by atoms with Crippen LogP contribution in [0, 0.1) is 0 Å². The number of fused-ring (bicyclic) bond motifs is 1. The van der Waals surface area contributed by atoms with Gasteiger partial charge in [0, 0.05) is 31.3 Å². The molecule has 4 nitrogen and oxygen atoms in total. The summed E-state index contributed by atoms with van der Waals surface area (Å²) in [4.78, 5) is 2.53. The van der Waals surface area contributed by atoms with Crippen molar-refractivity contribution in [3.8, 4) is 0 Å². The Bertz CT molecular complexity index is 585. The minimum atomic E-state index is 0.572. The van der Waals surface area contributed by atoms with Crippen LogP contribution in [0.2, 0.25) is 0 Å². The van der Waals surface area contributed by atoms with Crippen molar-refractivity contribution in [2.24, 2.45) is 0 Å². The molecule has 0 spiro atoms. The van der Waals surface area contributed by atoms with Crippen LogP contribution in [0.3, 0.4) is 0 Å². The van der Waals surface area contributed by atoms with Crippen molar-refractivity contribution in [3.05, 3.63) is 30.0 Å². The van der Waals surface area contributed by atoms with Crippen LogP contribution in [0.4, 0.5) is 5.69 Å². The molecule has 21 heavy (non-hydrogen) atoms. The molecule has 0 bridgehead atoms. The average molecular weight is 288 g/mol. The normalized spacial score (nSPS) is 17.6. The lowest BCUT2D eigenvalue weighted by molar-refractivity contribution is 0.157. The molecular formula is C17H24N2O2. The Morgan fingerprint density at radius 1 is 1.29 bits per heavy atom. The molecule has 0 aliphatic carbocycles. The number of benzene rings is 1. The molecule has 3 rings (SSSR count). The number of likely N-dealkylation sites (tertiary alicyclic amines) is 1. The fourth-order valence-electron chi connectivity index (χ4n) is 3.34. The molecule has 0 amide bonds. The van der Waals surface area contributed by atoms with Gasteiger partial charge in [0.25, 0.3) is 0 Å². The van der Waals surface area contributed by atoms with Gasteiger partial charge < -0.3 is 19.8 Å². The molecule has 1 fully saturated rings. The largest absolute Gasteiger partial charge is 0.464 e. The van der Waals surface area contributed by atoms with Crippen molar-refractivity contribution in [2.45, 2.75) is 25.2 Å². The first-order valence-corrected chi connectivity index (χ1v) is 7.76. The average Bonchev–Trinajstić information content (AvgIpc) is 2.98. The molecule has 0 unspecified atom stereocenters. The molecule has 2 aromatic rings. The zero-order valence-electron chi connectivity index (χ0n) is 12.7. The van der Waals surface area contributed by atoms with E-state index in [0.717, 1.165) is 49.3 Å². The molecule has 0 saturated carbocycles. The summed E-state index contributed by atoms with van der Waals surface area (Å²) in [5, 5.41) is 1.05. The number of piperidine rings is 1. The van der Waals surface area contributed by atoms with Crippen LogP contribution in [-0.2, 0) is 4.74 Å². The van der Waals surface area contributed by atoms with Crippen LogP contribution in [0.25, 0.3) is 11.0 Å². The minimum absolute atomic E-state index is 0.572. The van der Waals surface area contributed by atoms with E-state index in [2.05, 4.69) is 11.0 Å². The Hall–Kier alpha value is -1.52.